The van der Waals surface area contributed by atoms with Gasteiger partial charge in [0.15, 0.2) is 11.3 Å². The number of carbonyl (C=O) groups is 1. The second kappa shape index (κ2) is 7.11. The summed E-state index contributed by atoms with van der Waals surface area (Å²) in [5.41, 5.74) is 0.948. The van der Waals surface area contributed by atoms with Crippen LogP contribution in [0, 0.1) is 0 Å². The van der Waals surface area contributed by atoms with Crippen molar-refractivity contribution in [3.63, 3.8) is 0 Å². The quantitative estimate of drug-likeness (QED) is 0.656. The largest absolute Gasteiger partial charge is 0.493 e. The third-order valence-corrected chi connectivity index (χ3v) is 4.48. The number of nitrogens with zero attached hydrogens (tertiary/aromatic N) is 1. The minimum Gasteiger partial charge on any atom is -0.493 e. The molecule has 1 fully saturated rings. The number of ether oxygens (including phenoxy) is 1. The van der Waals surface area contributed by atoms with Crippen molar-refractivity contribution in [2.24, 2.45) is 0 Å². The Morgan fingerprint density at radius 1 is 1.36 bits per heavy atom. The monoisotopic (exact) mass is 343 g/mol. The maximum Gasteiger partial charge on any atom is 0.349 e. The Labute approximate surface area is 146 Å². The van der Waals surface area contributed by atoms with E-state index in [1.807, 2.05) is 6.92 Å². The molecule has 25 heavy (non-hydrogen) atoms. The number of nitrogens with one attached hydrogen (secondary N) is 1. The van der Waals surface area contributed by atoms with Gasteiger partial charge in [-0.3, -0.25) is 4.79 Å². The molecule has 1 amide bonds. The van der Waals surface area contributed by atoms with Gasteiger partial charge >= 0.3 is 5.63 Å². The average Bonchev–Trinajstić information content (AvgIpc) is 2.60. The Bertz CT molecular complexity index is 863. The van der Waals surface area contributed by atoms with Crippen LogP contribution in [0.4, 0.5) is 0 Å². The Hall–Kier alpha value is -2.60. The van der Waals surface area contributed by atoms with E-state index in [0.717, 1.165) is 25.2 Å². The van der Waals surface area contributed by atoms with Crippen LogP contribution in [0.3, 0.4) is 0 Å². The molecule has 0 radical (unpaired) electrons. The van der Waals surface area contributed by atoms with E-state index in [9.17, 15) is 9.59 Å². The first kappa shape index (κ1) is 17.2. The summed E-state index contributed by atoms with van der Waals surface area (Å²) >= 11 is 0. The molecule has 132 valence electrons. The predicted molar refractivity (Wildman–Crippen MR) is 95.3 cm³/mol. The standard InChI is InChI=1S/C19H22N2O4/c1-13(2)12-20-7-9-21(10-8-20)18(22)15-11-14-5-4-6-16(24-3)17(14)25-19(15)23/h4-6,11H,1,7-10,12H2,2-3H3/p+1. The predicted octanol–water partition coefficient (Wildman–Crippen LogP) is 0.718. The molecule has 1 aliphatic heterocycles. The minimum absolute atomic E-state index is 0.0732. The highest BCUT2D eigenvalue weighted by Gasteiger charge is 2.27. The number of hydrogen-bond acceptors (Lipinski definition) is 4. The van der Waals surface area contributed by atoms with Crippen molar-refractivity contribution in [3.8, 4) is 5.75 Å². The van der Waals surface area contributed by atoms with Crippen molar-refractivity contribution in [1.29, 1.82) is 0 Å². The zero-order valence-electron chi connectivity index (χ0n) is 14.6. The molecule has 6 nitrogen and oxygen atoms in total. The van der Waals surface area contributed by atoms with Gasteiger partial charge in [0.25, 0.3) is 5.91 Å². The zero-order valence-corrected chi connectivity index (χ0v) is 14.6. The van der Waals surface area contributed by atoms with Crippen LogP contribution in [-0.4, -0.2) is 50.6 Å². The van der Waals surface area contributed by atoms with E-state index < -0.39 is 5.63 Å². The molecule has 0 saturated carbocycles. The molecule has 0 spiro atoms. The fraction of sp³-hybridized carbons (Fsp3) is 0.368. The van der Waals surface area contributed by atoms with Crippen LogP contribution in [-0.2, 0) is 0 Å². The molecule has 1 aliphatic rings. The molecule has 0 unspecified atom stereocenters. The second-order valence-electron chi connectivity index (χ2n) is 6.50. The number of piperazine rings is 1. The summed E-state index contributed by atoms with van der Waals surface area (Å²) in [4.78, 5) is 28.2. The lowest BCUT2D eigenvalue weighted by Crippen LogP contribution is -3.15. The SMILES string of the molecule is C=C(C)C[NH+]1CCN(C(=O)c2cc3cccc(OC)c3oc2=O)CC1. The number of para-hydroxylation sites is 1. The Morgan fingerprint density at radius 2 is 2.08 bits per heavy atom. The lowest BCUT2D eigenvalue weighted by molar-refractivity contribution is -0.899. The van der Waals surface area contributed by atoms with Gasteiger partial charge in [-0.15, -0.1) is 0 Å². The van der Waals surface area contributed by atoms with Gasteiger partial charge in [-0.05, 0) is 24.6 Å². The van der Waals surface area contributed by atoms with Crippen LogP contribution in [0.5, 0.6) is 5.75 Å². The molecule has 1 aromatic heterocycles. The fourth-order valence-electron chi connectivity index (χ4n) is 3.23. The molecular weight excluding hydrogens is 320 g/mol. The summed E-state index contributed by atoms with van der Waals surface area (Å²) in [5.74, 6) is 0.207. The van der Waals surface area contributed by atoms with Crippen molar-refractivity contribution >= 4 is 16.9 Å². The summed E-state index contributed by atoms with van der Waals surface area (Å²) < 4.78 is 10.6. The number of benzene rings is 1. The lowest BCUT2D eigenvalue weighted by atomic mass is 10.1. The maximum atomic E-state index is 12.8. The summed E-state index contributed by atoms with van der Waals surface area (Å²) in [7, 11) is 1.51. The molecule has 3 rings (SSSR count). The molecule has 1 aromatic carbocycles. The highest BCUT2D eigenvalue weighted by Crippen LogP contribution is 2.24. The molecule has 2 aromatic rings. The molecule has 0 aliphatic carbocycles. The van der Waals surface area contributed by atoms with Crippen molar-refractivity contribution in [1.82, 2.24) is 4.90 Å². The van der Waals surface area contributed by atoms with Gasteiger partial charge in [-0.25, -0.2) is 4.79 Å². The van der Waals surface area contributed by atoms with Crippen LogP contribution in [0.15, 0.2) is 45.6 Å². The van der Waals surface area contributed by atoms with Crippen LogP contribution >= 0.6 is 0 Å². The number of fused-ring (bicyclic) bond motifs is 1. The smallest absolute Gasteiger partial charge is 0.349 e. The highest BCUT2D eigenvalue weighted by atomic mass is 16.5. The van der Waals surface area contributed by atoms with Gasteiger partial charge in [-0.1, -0.05) is 18.7 Å². The Balaban J connectivity index is 1.82. The Kier molecular flexibility index (Phi) is 4.90. The van der Waals surface area contributed by atoms with Gasteiger partial charge in [-0.2, -0.15) is 0 Å². The highest BCUT2D eigenvalue weighted by molar-refractivity contribution is 5.97. The first-order chi connectivity index (χ1) is 12.0. The van der Waals surface area contributed by atoms with Gasteiger partial charge in [0.05, 0.1) is 39.8 Å². The third-order valence-electron chi connectivity index (χ3n) is 4.48. The Morgan fingerprint density at radius 3 is 2.72 bits per heavy atom. The van der Waals surface area contributed by atoms with Crippen molar-refractivity contribution in [2.75, 3.05) is 39.8 Å². The minimum atomic E-state index is -0.626. The number of amides is 1. The molecule has 2 heterocycles. The number of methoxy groups -OCH3 is 1. The van der Waals surface area contributed by atoms with Crippen molar-refractivity contribution in [2.45, 2.75) is 6.92 Å². The summed E-state index contributed by atoms with van der Waals surface area (Å²) in [6.45, 7) is 9.82. The normalized spacial score (nSPS) is 15.4. The second-order valence-corrected chi connectivity index (χ2v) is 6.50. The number of rotatable bonds is 4. The van der Waals surface area contributed by atoms with Crippen LogP contribution in [0.2, 0.25) is 0 Å². The van der Waals surface area contributed by atoms with Gasteiger partial charge in [0.2, 0.25) is 0 Å². The van der Waals surface area contributed by atoms with Crippen LogP contribution < -0.4 is 15.3 Å². The summed E-state index contributed by atoms with van der Waals surface area (Å²) in [6, 6.07) is 6.91. The zero-order chi connectivity index (χ0) is 18.0. The van der Waals surface area contributed by atoms with E-state index in [1.165, 1.54) is 12.0 Å². The molecule has 6 heteroatoms. The van der Waals surface area contributed by atoms with E-state index in [2.05, 4.69) is 6.58 Å². The van der Waals surface area contributed by atoms with E-state index in [0.29, 0.717) is 29.8 Å². The molecule has 1 N–H and O–H groups in total. The van der Waals surface area contributed by atoms with E-state index in [4.69, 9.17) is 9.15 Å². The number of quaternary nitrogens is 1. The van der Waals surface area contributed by atoms with E-state index in [1.54, 1.807) is 29.2 Å². The number of hydrogen-bond donors (Lipinski definition) is 1. The first-order valence-electron chi connectivity index (χ1n) is 8.37. The van der Waals surface area contributed by atoms with Crippen molar-refractivity contribution < 1.29 is 18.8 Å². The fourth-order valence-corrected chi connectivity index (χ4v) is 3.23. The molecule has 1 saturated heterocycles. The first-order valence-corrected chi connectivity index (χ1v) is 8.37. The number of carbonyl (C=O) groups excluding carboxylic acids is 1. The van der Waals surface area contributed by atoms with E-state index >= 15 is 0 Å². The summed E-state index contributed by atoms with van der Waals surface area (Å²) in [6.07, 6.45) is 0. The average molecular weight is 343 g/mol. The van der Waals surface area contributed by atoms with E-state index in [-0.39, 0.29) is 11.5 Å². The lowest BCUT2D eigenvalue weighted by Gasteiger charge is -2.32. The topological polar surface area (TPSA) is 64.2 Å². The van der Waals surface area contributed by atoms with Gasteiger partial charge in [0, 0.05) is 5.39 Å². The van der Waals surface area contributed by atoms with Crippen LogP contribution in [0.25, 0.3) is 11.0 Å². The van der Waals surface area contributed by atoms with Crippen LogP contribution in [0.1, 0.15) is 17.3 Å². The van der Waals surface area contributed by atoms with Gasteiger partial charge in [0.1, 0.15) is 5.56 Å². The maximum absolute atomic E-state index is 12.8. The molecular formula is C19H23N2O4+. The van der Waals surface area contributed by atoms with Crippen molar-refractivity contribution in [3.05, 3.63) is 52.4 Å². The molecule has 0 bridgehead atoms. The summed E-state index contributed by atoms with van der Waals surface area (Å²) in [5, 5.41) is 0.675. The third kappa shape index (κ3) is 3.58. The van der Waals surface area contributed by atoms with Gasteiger partial charge < -0.3 is 19.0 Å². The molecule has 0 atom stereocenters.